The molecule has 12 nitrogen and oxygen atoms in total. The van der Waals surface area contributed by atoms with Gasteiger partial charge in [0.05, 0.1) is 54.3 Å². The minimum atomic E-state index is -1.09. The molecule has 1 fully saturated rings. The molecule has 2 aromatic rings. The molecule has 30 heavy (non-hydrogen) atoms. The Morgan fingerprint density at radius 3 is 2.73 bits per heavy atom. The highest BCUT2D eigenvalue weighted by Gasteiger charge is 2.40. The van der Waals surface area contributed by atoms with Crippen LogP contribution in [0.3, 0.4) is 0 Å². The molecule has 0 unspecified atom stereocenters. The number of aliphatic hydroxyl groups is 3. The van der Waals surface area contributed by atoms with Gasteiger partial charge < -0.3 is 30.1 Å². The zero-order chi connectivity index (χ0) is 21.7. The maximum Gasteiger partial charge on any atom is 0.311 e. The molecule has 1 aliphatic heterocycles. The van der Waals surface area contributed by atoms with Crippen LogP contribution < -0.4 is 14.8 Å². The summed E-state index contributed by atoms with van der Waals surface area (Å²) in [7, 11) is 0. The molecule has 0 spiro atoms. The number of ether oxygens (including phenoxy) is 2. The van der Waals surface area contributed by atoms with Gasteiger partial charge in [-0.2, -0.15) is 0 Å². The van der Waals surface area contributed by atoms with Gasteiger partial charge in [0.15, 0.2) is 0 Å². The van der Waals surface area contributed by atoms with Gasteiger partial charge in [-0.3, -0.25) is 10.1 Å². The van der Waals surface area contributed by atoms with Crippen molar-refractivity contribution in [1.82, 2.24) is 20.3 Å². The van der Waals surface area contributed by atoms with E-state index < -0.39 is 29.2 Å². The molecule has 160 valence electrons. The van der Waals surface area contributed by atoms with E-state index in [0.29, 0.717) is 11.4 Å². The number of nitro groups is 1. The third-order valence-corrected chi connectivity index (χ3v) is 4.69. The SMILES string of the molecule is C#CCOc1cc(OCc2cnnn2C[C@H]2N[C@H](CO)[C@@H](O)[C@@H]2O)ccc1[N+](=O)[O-]. The second kappa shape index (κ2) is 9.51. The van der Waals surface area contributed by atoms with Gasteiger partial charge in [0.25, 0.3) is 0 Å². The van der Waals surface area contributed by atoms with E-state index >= 15 is 0 Å². The van der Waals surface area contributed by atoms with Crippen LogP contribution in [0.1, 0.15) is 5.69 Å². The van der Waals surface area contributed by atoms with Crippen molar-refractivity contribution in [1.29, 1.82) is 0 Å². The van der Waals surface area contributed by atoms with Crippen molar-refractivity contribution in [3.8, 4) is 23.8 Å². The summed E-state index contributed by atoms with van der Waals surface area (Å²) in [5.41, 5.74) is 0.331. The van der Waals surface area contributed by atoms with E-state index in [2.05, 4.69) is 21.5 Å². The van der Waals surface area contributed by atoms with Crippen LogP contribution in [0.15, 0.2) is 24.4 Å². The van der Waals surface area contributed by atoms with Crippen LogP contribution in [0.5, 0.6) is 11.5 Å². The van der Waals surface area contributed by atoms with Gasteiger partial charge in [-0.05, 0) is 6.07 Å². The van der Waals surface area contributed by atoms with Crippen molar-refractivity contribution in [3.05, 3.63) is 40.2 Å². The normalized spacial score (nSPS) is 23.1. The fourth-order valence-corrected chi connectivity index (χ4v) is 3.13. The molecule has 0 aliphatic carbocycles. The lowest BCUT2D eigenvalue weighted by atomic mass is 10.1. The van der Waals surface area contributed by atoms with Crippen LogP contribution in [0, 0.1) is 22.5 Å². The summed E-state index contributed by atoms with van der Waals surface area (Å²) < 4.78 is 12.4. The standard InChI is InChI=1S/C18H21N5O7/c1-2-5-29-16-6-12(3-4-15(16)23(27)28)30-10-11-7-19-21-22(11)8-13-17(25)18(26)14(9-24)20-13/h1,3-4,6-7,13-14,17-18,20,24-26H,5,8-10H2/t13-,14-,17-,18-/m1/s1. The number of aromatic nitrogens is 3. The Balaban J connectivity index is 1.67. The van der Waals surface area contributed by atoms with Crippen LogP contribution in [0.25, 0.3) is 0 Å². The molecule has 0 radical (unpaired) electrons. The number of nitrogens with one attached hydrogen (secondary N) is 1. The maximum atomic E-state index is 11.1. The predicted octanol–water partition coefficient (Wildman–Crippen LogP) is -1.17. The summed E-state index contributed by atoms with van der Waals surface area (Å²) in [6, 6.07) is 2.88. The number of nitro benzene ring substituents is 1. The van der Waals surface area contributed by atoms with Gasteiger partial charge in [-0.1, -0.05) is 11.1 Å². The highest BCUT2D eigenvalue weighted by molar-refractivity contribution is 5.50. The lowest BCUT2D eigenvalue weighted by Gasteiger charge is -2.17. The Morgan fingerprint density at radius 1 is 1.30 bits per heavy atom. The molecule has 12 heteroatoms. The van der Waals surface area contributed by atoms with Gasteiger partial charge >= 0.3 is 5.69 Å². The zero-order valence-corrected chi connectivity index (χ0v) is 15.8. The fraction of sp³-hybridized carbons (Fsp3) is 0.444. The lowest BCUT2D eigenvalue weighted by molar-refractivity contribution is -0.385. The third kappa shape index (κ3) is 4.66. The van der Waals surface area contributed by atoms with Crippen LogP contribution in [0.4, 0.5) is 5.69 Å². The van der Waals surface area contributed by atoms with Gasteiger partial charge in [0, 0.05) is 12.1 Å². The van der Waals surface area contributed by atoms with Crippen LogP contribution in [-0.2, 0) is 13.2 Å². The van der Waals surface area contributed by atoms with Crippen molar-refractivity contribution < 1.29 is 29.7 Å². The molecule has 1 aromatic heterocycles. The van der Waals surface area contributed by atoms with Crippen molar-refractivity contribution in [3.63, 3.8) is 0 Å². The number of hydrogen-bond acceptors (Lipinski definition) is 10. The van der Waals surface area contributed by atoms with E-state index in [1.54, 1.807) is 0 Å². The number of benzene rings is 1. The van der Waals surface area contributed by atoms with Gasteiger partial charge in [-0.25, -0.2) is 4.68 Å². The Labute approximate surface area is 171 Å². The molecule has 0 saturated carbocycles. The minimum Gasteiger partial charge on any atom is -0.487 e. The van der Waals surface area contributed by atoms with Crippen molar-refractivity contribution in [2.75, 3.05) is 13.2 Å². The quantitative estimate of drug-likeness (QED) is 0.221. The van der Waals surface area contributed by atoms with Crippen molar-refractivity contribution >= 4 is 5.69 Å². The molecule has 0 amide bonds. The first kappa shape index (κ1) is 21.5. The number of rotatable bonds is 9. The van der Waals surface area contributed by atoms with E-state index in [1.807, 2.05) is 0 Å². The third-order valence-electron chi connectivity index (χ3n) is 4.69. The summed E-state index contributed by atoms with van der Waals surface area (Å²) in [6.07, 6.45) is 4.44. The topological polar surface area (TPSA) is 165 Å². The van der Waals surface area contributed by atoms with Gasteiger partial charge in [0.1, 0.15) is 19.0 Å². The summed E-state index contributed by atoms with van der Waals surface area (Å²) >= 11 is 0. The van der Waals surface area contributed by atoms with Crippen LogP contribution >= 0.6 is 0 Å². The molecule has 0 bridgehead atoms. The summed E-state index contributed by atoms with van der Waals surface area (Å²) in [5, 5.41) is 51.1. The Bertz CT molecular complexity index is 928. The highest BCUT2D eigenvalue weighted by Crippen LogP contribution is 2.31. The average Bonchev–Trinajstić information content (AvgIpc) is 3.29. The number of terminal acetylenes is 1. The molecule has 2 heterocycles. The molecular weight excluding hydrogens is 398 g/mol. The van der Waals surface area contributed by atoms with E-state index in [0.717, 1.165) is 0 Å². The number of aliphatic hydroxyl groups excluding tert-OH is 3. The second-order valence-electron chi connectivity index (χ2n) is 6.62. The van der Waals surface area contributed by atoms with Crippen LogP contribution in [0.2, 0.25) is 0 Å². The van der Waals surface area contributed by atoms with Crippen LogP contribution in [-0.4, -0.2) is 72.7 Å². The second-order valence-corrected chi connectivity index (χ2v) is 6.62. The lowest BCUT2D eigenvalue weighted by Crippen LogP contribution is -2.38. The van der Waals surface area contributed by atoms with Crippen molar-refractivity contribution in [2.45, 2.75) is 37.4 Å². The molecule has 3 rings (SSSR count). The average molecular weight is 419 g/mol. The van der Waals surface area contributed by atoms with Gasteiger partial charge in [-0.15, -0.1) is 11.5 Å². The van der Waals surface area contributed by atoms with Gasteiger partial charge in [0.2, 0.25) is 5.75 Å². The number of hydrogen-bond donors (Lipinski definition) is 4. The molecule has 1 aromatic carbocycles. The first-order valence-corrected chi connectivity index (χ1v) is 9.02. The number of nitrogens with zero attached hydrogens (tertiary/aromatic N) is 4. The maximum absolute atomic E-state index is 11.1. The van der Waals surface area contributed by atoms with Crippen molar-refractivity contribution in [2.24, 2.45) is 0 Å². The summed E-state index contributed by atoms with van der Waals surface area (Å²) in [5.74, 6) is 2.55. The Hall–Kier alpha value is -3.24. The smallest absolute Gasteiger partial charge is 0.311 e. The monoisotopic (exact) mass is 419 g/mol. The summed E-state index contributed by atoms with van der Waals surface area (Å²) in [4.78, 5) is 10.5. The molecule has 4 atom stereocenters. The fourth-order valence-electron chi connectivity index (χ4n) is 3.13. The highest BCUT2D eigenvalue weighted by atomic mass is 16.6. The molecule has 1 saturated heterocycles. The Morgan fingerprint density at radius 2 is 2.07 bits per heavy atom. The molecular formula is C18H21N5O7. The molecule has 4 N–H and O–H groups in total. The summed E-state index contributed by atoms with van der Waals surface area (Å²) in [6.45, 7) is -0.219. The largest absolute Gasteiger partial charge is 0.487 e. The first-order chi connectivity index (χ1) is 14.4. The van der Waals surface area contributed by atoms with E-state index in [4.69, 9.17) is 15.9 Å². The zero-order valence-electron chi connectivity index (χ0n) is 15.8. The Kier molecular flexibility index (Phi) is 6.80. The minimum absolute atomic E-state index is 0.00982. The predicted molar refractivity (Wildman–Crippen MR) is 102 cm³/mol. The first-order valence-electron chi connectivity index (χ1n) is 9.02. The van der Waals surface area contributed by atoms with E-state index in [-0.39, 0.29) is 37.8 Å². The van der Waals surface area contributed by atoms with E-state index in [9.17, 15) is 25.4 Å². The van der Waals surface area contributed by atoms with E-state index in [1.165, 1.54) is 29.1 Å². The molecule has 1 aliphatic rings.